The van der Waals surface area contributed by atoms with Gasteiger partial charge < -0.3 is 9.90 Å². The first kappa shape index (κ1) is 20.0. The summed E-state index contributed by atoms with van der Waals surface area (Å²) in [6.07, 6.45) is 2.88. The molecule has 1 aliphatic heterocycles. The van der Waals surface area contributed by atoms with Crippen molar-refractivity contribution in [1.82, 2.24) is 4.31 Å². The molecule has 0 aromatic heterocycles. The Kier molecular flexibility index (Phi) is 6.11. The predicted molar refractivity (Wildman–Crippen MR) is 106 cm³/mol. The number of carboxylic acid groups (broad SMARTS) is 1. The second kappa shape index (κ2) is 8.53. The molecular weight excluding hydrogens is 378 g/mol. The van der Waals surface area contributed by atoms with Gasteiger partial charge in [0, 0.05) is 13.1 Å². The minimum absolute atomic E-state index is 0.0942. The van der Waals surface area contributed by atoms with E-state index < -0.39 is 16.0 Å². The number of nitrogens with one attached hydrogen (secondary N) is 1. The molecule has 2 aromatic rings. The lowest BCUT2D eigenvalue weighted by Crippen LogP contribution is -2.35. The molecule has 0 unspecified atom stereocenters. The summed E-state index contributed by atoms with van der Waals surface area (Å²) in [7, 11) is -3.45. The highest BCUT2D eigenvalue weighted by atomic mass is 32.2. The van der Waals surface area contributed by atoms with Gasteiger partial charge in [-0.3, -0.25) is 5.43 Å². The number of rotatable bonds is 6. The van der Waals surface area contributed by atoms with Crippen LogP contribution in [-0.2, 0) is 10.0 Å². The van der Waals surface area contributed by atoms with E-state index >= 15 is 0 Å². The molecule has 7 nitrogen and oxygen atoms in total. The number of carboxylic acids is 1. The molecule has 1 N–H and O–H groups in total. The first-order chi connectivity index (χ1) is 13.4. The summed E-state index contributed by atoms with van der Waals surface area (Å²) in [5, 5.41) is 15.0. The van der Waals surface area contributed by atoms with E-state index in [0.29, 0.717) is 24.5 Å². The van der Waals surface area contributed by atoms with Gasteiger partial charge in [0.1, 0.15) is 0 Å². The third-order valence-corrected chi connectivity index (χ3v) is 6.61. The normalized spacial score (nSPS) is 16.0. The second-order valence-electron chi connectivity index (χ2n) is 6.66. The van der Waals surface area contributed by atoms with Crippen LogP contribution in [-0.4, -0.2) is 37.5 Å². The molecule has 0 amide bonds. The monoisotopic (exact) mass is 400 g/mol. The van der Waals surface area contributed by atoms with Gasteiger partial charge in [-0.15, -0.1) is 0 Å². The molecule has 1 aliphatic rings. The van der Waals surface area contributed by atoms with E-state index in [1.54, 1.807) is 47.6 Å². The molecule has 0 aliphatic carbocycles. The van der Waals surface area contributed by atoms with Crippen LogP contribution in [0.3, 0.4) is 0 Å². The van der Waals surface area contributed by atoms with E-state index in [2.05, 4.69) is 10.5 Å². The van der Waals surface area contributed by atoms with E-state index in [-0.39, 0.29) is 10.5 Å². The highest BCUT2D eigenvalue weighted by Crippen LogP contribution is 2.21. The van der Waals surface area contributed by atoms with Gasteiger partial charge in [-0.2, -0.15) is 9.41 Å². The molecule has 3 rings (SSSR count). The number of aromatic carboxylic acids is 1. The van der Waals surface area contributed by atoms with E-state index in [1.165, 1.54) is 12.1 Å². The van der Waals surface area contributed by atoms with Crippen molar-refractivity contribution in [3.8, 4) is 0 Å². The van der Waals surface area contributed by atoms with Crippen LogP contribution in [0.5, 0.6) is 0 Å². The fourth-order valence-electron chi connectivity index (χ4n) is 3.02. The lowest BCUT2D eigenvalue weighted by atomic mass is 10.1. The Bertz CT molecular complexity index is 962. The third kappa shape index (κ3) is 4.58. The Morgan fingerprint density at radius 2 is 1.54 bits per heavy atom. The second-order valence-corrected chi connectivity index (χ2v) is 8.60. The minimum Gasteiger partial charge on any atom is -0.545 e. The fraction of sp³-hybridized carbons (Fsp3) is 0.300. The number of nitrogens with zero attached hydrogens (tertiary/aromatic N) is 2. The molecule has 1 heterocycles. The fourth-order valence-corrected chi connectivity index (χ4v) is 4.53. The average Bonchev–Trinajstić information content (AvgIpc) is 2.73. The maximum absolute atomic E-state index is 12.7. The van der Waals surface area contributed by atoms with Crippen molar-refractivity contribution < 1.29 is 18.3 Å². The summed E-state index contributed by atoms with van der Waals surface area (Å²) >= 11 is 0. The average molecular weight is 400 g/mol. The van der Waals surface area contributed by atoms with Crippen LogP contribution in [0.2, 0.25) is 0 Å². The number of hydrogen-bond acceptors (Lipinski definition) is 6. The van der Waals surface area contributed by atoms with Crippen molar-refractivity contribution in [1.29, 1.82) is 0 Å². The Labute approximate surface area is 164 Å². The predicted octanol–water partition coefficient (Wildman–Crippen LogP) is 2.06. The Balaban J connectivity index is 1.69. The van der Waals surface area contributed by atoms with Crippen molar-refractivity contribution >= 4 is 27.4 Å². The molecule has 28 heavy (non-hydrogen) atoms. The Morgan fingerprint density at radius 1 is 0.964 bits per heavy atom. The SMILES string of the molecule is C/C(=N/Nc1ccc(C(=O)[O-])cc1)c1ccc(S(=O)(=O)N2CCCCC2)cc1. The van der Waals surface area contributed by atoms with Crippen LogP contribution in [0.25, 0.3) is 0 Å². The van der Waals surface area contributed by atoms with Gasteiger partial charge >= 0.3 is 0 Å². The zero-order valence-electron chi connectivity index (χ0n) is 15.6. The molecule has 0 saturated carbocycles. The molecule has 0 bridgehead atoms. The number of anilines is 1. The number of sulfonamides is 1. The number of piperidine rings is 1. The van der Waals surface area contributed by atoms with Crippen LogP contribution in [0.1, 0.15) is 42.1 Å². The van der Waals surface area contributed by atoms with Crippen molar-refractivity contribution in [2.45, 2.75) is 31.1 Å². The van der Waals surface area contributed by atoms with Crippen molar-refractivity contribution in [2.75, 3.05) is 18.5 Å². The van der Waals surface area contributed by atoms with Crippen LogP contribution >= 0.6 is 0 Å². The third-order valence-electron chi connectivity index (χ3n) is 4.70. The van der Waals surface area contributed by atoms with Gasteiger partial charge in [0.15, 0.2) is 0 Å². The summed E-state index contributed by atoms with van der Waals surface area (Å²) in [5.41, 5.74) is 5.04. The van der Waals surface area contributed by atoms with Crippen molar-refractivity contribution in [3.05, 3.63) is 59.7 Å². The molecule has 1 fully saturated rings. The minimum atomic E-state index is -3.45. The molecule has 0 radical (unpaired) electrons. The van der Waals surface area contributed by atoms with Gasteiger partial charge in [0.05, 0.1) is 22.3 Å². The van der Waals surface area contributed by atoms with Crippen molar-refractivity contribution in [2.24, 2.45) is 5.10 Å². The lowest BCUT2D eigenvalue weighted by Gasteiger charge is -2.25. The quantitative estimate of drug-likeness (QED) is 0.591. The van der Waals surface area contributed by atoms with Gasteiger partial charge in [0.2, 0.25) is 10.0 Å². The maximum atomic E-state index is 12.7. The van der Waals surface area contributed by atoms with Gasteiger partial charge in [-0.1, -0.05) is 30.7 Å². The molecule has 148 valence electrons. The Hall–Kier alpha value is -2.71. The van der Waals surface area contributed by atoms with Crippen LogP contribution < -0.4 is 10.5 Å². The zero-order chi connectivity index (χ0) is 20.1. The van der Waals surface area contributed by atoms with Crippen LogP contribution in [0, 0.1) is 0 Å². The molecule has 2 aromatic carbocycles. The summed E-state index contributed by atoms with van der Waals surface area (Å²) < 4.78 is 26.9. The van der Waals surface area contributed by atoms with Gasteiger partial charge in [-0.05, 0) is 55.2 Å². The maximum Gasteiger partial charge on any atom is 0.243 e. The summed E-state index contributed by atoms with van der Waals surface area (Å²) in [5.74, 6) is -1.23. The van der Waals surface area contributed by atoms with Crippen LogP contribution in [0.4, 0.5) is 5.69 Å². The number of hydrogen-bond donors (Lipinski definition) is 1. The van der Waals surface area contributed by atoms with Gasteiger partial charge in [-0.25, -0.2) is 8.42 Å². The molecule has 0 spiro atoms. The number of hydrazone groups is 1. The molecular formula is C20H22N3O4S-. The first-order valence-electron chi connectivity index (χ1n) is 9.10. The smallest absolute Gasteiger partial charge is 0.243 e. The molecule has 1 saturated heterocycles. The van der Waals surface area contributed by atoms with E-state index in [1.807, 2.05) is 0 Å². The van der Waals surface area contributed by atoms with E-state index in [9.17, 15) is 18.3 Å². The van der Waals surface area contributed by atoms with E-state index in [0.717, 1.165) is 24.8 Å². The van der Waals surface area contributed by atoms with Gasteiger partial charge in [0.25, 0.3) is 0 Å². The first-order valence-corrected chi connectivity index (χ1v) is 10.5. The standard InChI is InChI=1S/C20H23N3O4S/c1-15(21-22-18-9-5-17(6-10-18)20(24)25)16-7-11-19(12-8-16)28(26,27)23-13-3-2-4-14-23/h5-12,22H,2-4,13-14H2,1H3,(H,24,25)/p-1/b21-15-. The highest BCUT2D eigenvalue weighted by molar-refractivity contribution is 7.89. The number of carbonyl (C=O) groups is 1. The lowest BCUT2D eigenvalue weighted by molar-refractivity contribution is -0.255. The summed E-state index contributed by atoms with van der Waals surface area (Å²) in [6, 6.07) is 12.7. The summed E-state index contributed by atoms with van der Waals surface area (Å²) in [4.78, 5) is 11.0. The Morgan fingerprint density at radius 3 is 2.11 bits per heavy atom. The van der Waals surface area contributed by atoms with Crippen LogP contribution in [0.15, 0.2) is 58.5 Å². The highest BCUT2D eigenvalue weighted by Gasteiger charge is 2.25. The molecule has 8 heteroatoms. The van der Waals surface area contributed by atoms with E-state index in [4.69, 9.17) is 0 Å². The summed E-state index contributed by atoms with van der Waals surface area (Å²) in [6.45, 7) is 2.95. The molecule has 0 atom stereocenters. The number of carbonyl (C=O) groups excluding carboxylic acids is 1. The topological polar surface area (TPSA) is 102 Å². The zero-order valence-corrected chi connectivity index (χ0v) is 16.4. The number of benzene rings is 2. The van der Waals surface area contributed by atoms with Crippen molar-refractivity contribution in [3.63, 3.8) is 0 Å². The largest absolute Gasteiger partial charge is 0.545 e.